The minimum absolute atomic E-state index is 0.265. The number of benzene rings is 1. The van der Waals surface area contributed by atoms with Gasteiger partial charge in [-0.25, -0.2) is 4.98 Å². The zero-order chi connectivity index (χ0) is 14.0. The Morgan fingerprint density at radius 2 is 1.89 bits per heavy atom. The van der Waals surface area contributed by atoms with E-state index < -0.39 is 0 Å². The van der Waals surface area contributed by atoms with Crippen molar-refractivity contribution >= 4 is 23.2 Å². The van der Waals surface area contributed by atoms with Gasteiger partial charge in [0.05, 0.1) is 22.6 Å². The fraction of sp³-hybridized carbons (Fsp3) is 0.214. The SMILES string of the molecule is Cc1cc(C)c(NC(=O)c2cnc(C)cn2)c(Cl)c1. The maximum absolute atomic E-state index is 12.0. The Morgan fingerprint density at radius 1 is 1.16 bits per heavy atom. The Morgan fingerprint density at radius 3 is 2.47 bits per heavy atom. The van der Waals surface area contributed by atoms with Gasteiger partial charge in [0, 0.05) is 6.20 Å². The van der Waals surface area contributed by atoms with E-state index in [1.54, 1.807) is 6.20 Å². The quantitative estimate of drug-likeness (QED) is 0.915. The molecule has 1 N–H and O–H groups in total. The van der Waals surface area contributed by atoms with Crippen molar-refractivity contribution in [3.05, 3.63) is 52.1 Å². The molecule has 0 saturated heterocycles. The molecule has 0 radical (unpaired) electrons. The summed E-state index contributed by atoms with van der Waals surface area (Å²) in [7, 11) is 0. The van der Waals surface area contributed by atoms with Crippen LogP contribution in [0.3, 0.4) is 0 Å². The highest BCUT2D eigenvalue weighted by atomic mass is 35.5. The third-order valence-corrected chi connectivity index (χ3v) is 2.98. The minimum atomic E-state index is -0.318. The van der Waals surface area contributed by atoms with E-state index in [2.05, 4.69) is 15.3 Å². The highest BCUT2D eigenvalue weighted by Crippen LogP contribution is 2.27. The Kier molecular flexibility index (Phi) is 3.81. The lowest BCUT2D eigenvalue weighted by molar-refractivity contribution is 0.102. The van der Waals surface area contributed by atoms with Gasteiger partial charge in [0.15, 0.2) is 0 Å². The molecule has 2 rings (SSSR count). The Bertz CT molecular complexity index is 600. The number of hydrogen-bond acceptors (Lipinski definition) is 3. The lowest BCUT2D eigenvalue weighted by atomic mass is 10.1. The van der Waals surface area contributed by atoms with E-state index in [1.165, 1.54) is 6.20 Å². The number of nitrogens with zero attached hydrogens (tertiary/aromatic N) is 2. The molecule has 5 heteroatoms. The van der Waals surface area contributed by atoms with E-state index in [0.717, 1.165) is 16.8 Å². The van der Waals surface area contributed by atoms with Crippen molar-refractivity contribution in [1.82, 2.24) is 9.97 Å². The second kappa shape index (κ2) is 5.36. The Balaban J connectivity index is 2.26. The van der Waals surface area contributed by atoms with E-state index in [9.17, 15) is 4.79 Å². The number of halogens is 1. The number of aromatic nitrogens is 2. The summed E-state index contributed by atoms with van der Waals surface area (Å²) in [6.07, 6.45) is 3.00. The molecular formula is C14H14ClN3O. The summed E-state index contributed by atoms with van der Waals surface area (Å²) in [6.45, 7) is 5.67. The predicted molar refractivity (Wildman–Crippen MR) is 75.6 cm³/mol. The van der Waals surface area contributed by atoms with Crippen molar-refractivity contribution in [3.8, 4) is 0 Å². The third-order valence-electron chi connectivity index (χ3n) is 2.68. The molecule has 19 heavy (non-hydrogen) atoms. The molecule has 0 unspecified atom stereocenters. The molecule has 0 atom stereocenters. The summed E-state index contributed by atoms with van der Waals surface area (Å²) in [4.78, 5) is 20.1. The van der Waals surface area contributed by atoms with Crippen LogP contribution < -0.4 is 5.32 Å². The van der Waals surface area contributed by atoms with Crippen LogP contribution in [-0.4, -0.2) is 15.9 Å². The van der Waals surface area contributed by atoms with E-state index in [-0.39, 0.29) is 11.6 Å². The summed E-state index contributed by atoms with van der Waals surface area (Å²) in [5, 5.41) is 3.29. The number of amides is 1. The molecule has 0 aliphatic rings. The molecule has 0 bridgehead atoms. The van der Waals surface area contributed by atoms with Crippen LogP contribution in [0.5, 0.6) is 0 Å². The second-order valence-corrected chi connectivity index (χ2v) is 4.84. The molecule has 2 aromatic rings. The first-order chi connectivity index (χ1) is 8.97. The highest BCUT2D eigenvalue weighted by Gasteiger charge is 2.12. The topological polar surface area (TPSA) is 54.9 Å². The first-order valence-corrected chi connectivity index (χ1v) is 6.22. The number of anilines is 1. The smallest absolute Gasteiger partial charge is 0.275 e. The van der Waals surface area contributed by atoms with Crippen molar-refractivity contribution < 1.29 is 4.79 Å². The summed E-state index contributed by atoms with van der Waals surface area (Å²) >= 11 is 6.14. The standard InChI is InChI=1S/C14H14ClN3O/c1-8-4-9(2)13(11(15)5-8)18-14(19)12-7-16-10(3)6-17-12/h4-7H,1-3H3,(H,18,19). The van der Waals surface area contributed by atoms with Gasteiger partial charge in [0.1, 0.15) is 5.69 Å². The summed E-state index contributed by atoms with van der Waals surface area (Å²) in [5.74, 6) is -0.318. The maximum Gasteiger partial charge on any atom is 0.275 e. The normalized spacial score (nSPS) is 10.3. The Hall–Kier alpha value is -1.94. The number of hydrogen-bond donors (Lipinski definition) is 1. The molecule has 0 spiro atoms. The highest BCUT2D eigenvalue weighted by molar-refractivity contribution is 6.34. The average molecular weight is 276 g/mol. The van der Waals surface area contributed by atoms with Gasteiger partial charge in [0.25, 0.3) is 5.91 Å². The fourth-order valence-corrected chi connectivity index (χ4v) is 2.13. The summed E-state index contributed by atoms with van der Waals surface area (Å²) in [5.41, 5.74) is 3.61. The summed E-state index contributed by atoms with van der Waals surface area (Å²) < 4.78 is 0. The van der Waals surface area contributed by atoms with Crippen LogP contribution in [0.25, 0.3) is 0 Å². The van der Waals surface area contributed by atoms with Gasteiger partial charge >= 0.3 is 0 Å². The molecule has 1 heterocycles. The van der Waals surface area contributed by atoms with Crippen LogP contribution in [0.1, 0.15) is 27.3 Å². The molecule has 1 aromatic heterocycles. The third kappa shape index (κ3) is 3.09. The number of nitrogens with one attached hydrogen (secondary N) is 1. The number of carbonyl (C=O) groups excluding carboxylic acids is 1. The van der Waals surface area contributed by atoms with Crippen LogP contribution in [0.15, 0.2) is 24.5 Å². The number of aryl methyl sites for hydroxylation is 3. The van der Waals surface area contributed by atoms with Crippen LogP contribution in [-0.2, 0) is 0 Å². The zero-order valence-corrected chi connectivity index (χ0v) is 11.7. The predicted octanol–water partition coefficient (Wildman–Crippen LogP) is 3.31. The largest absolute Gasteiger partial charge is 0.319 e. The summed E-state index contributed by atoms with van der Waals surface area (Å²) in [6, 6.07) is 3.77. The van der Waals surface area contributed by atoms with E-state index >= 15 is 0 Å². The van der Waals surface area contributed by atoms with Gasteiger partial charge in [-0.15, -0.1) is 0 Å². The molecule has 1 amide bonds. The second-order valence-electron chi connectivity index (χ2n) is 4.44. The van der Waals surface area contributed by atoms with Gasteiger partial charge in [-0.1, -0.05) is 17.7 Å². The van der Waals surface area contributed by atoms with E-state index in [0.29, 0.717) is 10.7 Å². The molecule has 0 fully saturated rings. The maximum atomic E-state index is 12.0. The molecule has 4 nitrogen and oxygen atoms in total. The molecule has 98 valence electrons. The van der Waals surface area contributed by atoms with Crippen molar-refractivity contribution in [3.63, 3.8) is 0 Å². The lowest BCUT2D eigenvalue weighted by Gasteiger charge is -2.11. The first kappa shape index (κ1) is 13.5. The van der Waals surface area contributed by atoms with Gasteiger partial charge in [-0.3, -0.25) is 9.78 Å². The molecule has 0 aliphatic heterocycles. The monoisotopic (exact) mass is 275 g/mol. The van der Waals surface area contributed by atoms with Crippen molar-refractivity contribution in [2.45, 2.75) is 20.8 Å². The molecular weight excluding hydrogens is 262 g/mol. The minimum Gasteiger partial charge on any atom is -0.319 e. The number of rotatable bonds is 2. The first-order valence-electron chi connectivity index (χ1n) is 5.84. The lowest BCUT2D eigenvalue weighted by Crippen LogP contribution is -2.15. The van der Waals surface area contributed by atoms with Crippen LogP contribution >= 0.6 is 11.6 Å². The van der Waals surface area contributed by atoms with Gasteiger partial charge in [-0.2, -0.15) is 0 Å². The van der Waals surface area contributed by atoms with Crippen LogP contribution in [0.2, 0.25) is 5.02 Å². The van der Waals surface area contributed by atoms with Crippen molar-refractivity contribution in [1.29, 1.82) is 0 Å². The van der Waals surface area contributed by atoms with Gasteiger partial charge in [0.2, 0.25) is 0 Å². The van der Waals surface area contributed by atoms with Gasteiger partial charge < -0.3 is 5.32 Å². The zero-order valence-electron chi connectivity index (χ0n) is 11.0. The molecule has 1 aromatic carbocycles. The van der Waals surface area contributed by atoms with Gasteiger partial charge in [-0.05, 0) is 38.0 Å². The molecule has 0 aliphatic carbocycles. The van der Waals surface area contributed by atoms with Crippen LogP contribution in [0, 0.1) is 20.8 Å². The van der Waals surface area contributed by atoms with Crippen LogP contribution in [0.4, 0.5) is 5.69 Å². The van der Waals surface area contributed by atoms with Crippen molar-refractivity contribution in [2.75, 3.05) is 5.32 Å². The number of carbonyl (C=O) groups is 1. The molecule has 0 saturated carbocycles. The average Bonchev–Trinajstić information content (AvgIpc) is 2.34. The van der Waals surface area contributed by atoms with E-state index in [1.807, 2.05) is 32.9 Å². The van der Waals surface area contributed by atoms with E-state index in [4.69, 9.17) is 11.6 Å². The van der Waals surface area contributed by atoms with Crippen molar-refractivity contribution in [2.24, 2.45) is 0 Å². The fourth-order valence-electron chi connectivity index (χ4n) is 1.76. The Labute approximate surface area is 116 Å².